The van der Waals surface area contributed by atoms with Crippen LogP contribution in [0.4, 0.5) is 5.88 Å². The summed E-state index contributed by atoms with van der Waals surface area (Å²) in [6.07, 6.45) is 0. The molecule has 3 nitrogen and oxygen atoms in total. The van der Waals surface area contributed by atoms with Gasteiger partial charge in [0.2, 0.25) is 5.88 Å². The van der Waals surface area contributed by atoms with Gasteiger partial charge in [0.25, 0.3) is 0 Å². The summed E-state index contributed by atoms with van der Waals surface area (Å²) in [7, 11) is 0. The molecular formula is C12H10N2O. The summed E-state index contributed by atoms with van der Waals surface area (Å²) in [6.45, 7) is 1.81. The quantitative estimate of drug-likeness (QED) is 0.766. The highest BCUT2D eigenvalue weighted by molar-refractivity contribution is 5.77. The number of aryl methyl sites for hydroxylation is 1. The fraction of sp³-hybridized carbons (Fsp3) is 0.0833. The average molecular weight is 198 g/mol. The van der Waals surface area contributed by atoms with Crippen molar-refractivity contribution < 1.29 is 4.42 Å². The van der Waals surface area contributed by atoms with Gasteiger partial charge in [-0.15, -0.1) is 0 Å². The van der Waals surface area contributed by atoms with Crippen molar-refractivity contribution in [3.05, 3.63) is 41.7 Å². The SMILES string of the molecule is Cc1oc(N)c(C#N)c1-c1ccccc1. The van der Waals surface area contributed by atoms with E-state index in [2.05, 4.69) is 6.07 Å². The van der Waals surface area contributed by atoms with Gasteiger partial charge in [0, 0.05) is 5.56 Å². The zero-order chi connectivity index (χ0) is 10.8. The molecule has 1 aromatic carbocycles. The Bertz CT molecular complexity index is 521. The van der Waals surface area contributed by atoms with Crippen molar-refractivity contribution in [3.8, 4) is 17.2 Å². The van der Waals surface area contributed by atoms with E-state index in [1.54, 1.807) is 6.92 Å². The van der Waals surface area contributed by atoms with Gasteiger partial charge in [0.15, 0.2) is 0 Å². The van der Waals surface area contributed by atoms with Gasteiger partial charge in [-0.3, -0.25) is 0 Å². The summed E-state index contributed by atoms with van der Waals surface area (Å²) >= 11 is 0. The highest BCUT2D eigenvalue weighted by atomic mass is 16.4. The number of nitrogen functional groups attached to an aromatic ring is 1. The lowest BCUT2D eigenvalue weighted by Gasteiger charge is -1.98. The van der Waals surface area contributed by atoms with Crippen LogP contribution in [-0.4, -0.2) is 0 Å². The van der Waals surface area contributed by atoms with Crippen LogP contribution in [0.2, 0.25) is 0 Å². The van der Waals surface area contributed by atoms with Crippen LogP contribution in [-0.2, 0) is 0 Å². The van der Waals surface area contributed by atoms with E-state index < -0.39 is 0 Å². The molecule has 0 bridgehead atoms. The second-order valence-corrected chi connectivity index (χ2v) is 3.25. The van der Waals surface area contributed by atoms with Gasteiger partial charge in [-0.25, -0.2) is 0 Å². The number of benzene rings is 1. The van der Waals surface area contributed by atoms with Gasteiger partial charge in [0.05, 0.1) is 0 Å². The van der Waals surface area contributed by atoms with E-state index in [1.165, 1.54) is 0 Å². The smallest absolute Gasteiger partial charge is 0.209 e. The minimum absolute atomic E-state index is 0.189. The van der Waals surface area contributed by atoms with Gasteiger partial charge in [0.1, 0.15) is 17.4 Å². The van der Waals surface area contributed by atoms with Crippen LogP contribution in [0.5, 0.6) is 0 Å². The number of nitrogens with two attached hydrogens (primary N) is 1. The Balaban J connectivity index is 2.69. The Morgan fingerprint density at radius 2 is 1.93 bits per heavy atom. The standard InChI is InChI=1S/C12H10N2O/c1-8-11(9-5-3-2-4-6-9)10(7-13)12(14)15-8/h2-6H,14H2,1H3. The molecule has 0 aliphatic rings. The van der Waals surface area contributed by atoms with Crippen molar-refractivity contribution in [1.82, 2.24) is 0 Å². The number of hydrogen-bond acceptors (Lipinski definition) is 3. The zero-order valence-electron chi connectivity index (χ0n) is 8.32. The number of anilines is 1. The third-order valence-electron chi connectivity index (χ3n) is 2.29. The molecular weight excluding hydrogens is 188 g/mol. The Labute approximate surface area is 87.7 Å². The Kier molecular flexibility index (Phi) is 2.18. The van der Waals surface area contributed by atoms with Gasteiger partial charge < -0.3 is 10.2 Å². The zero-order valence-corrected chi connectivity index (χ0v) is 8.32. The van der Waals surface area contributed by atoms with Crippen molar-refractivity contribution in [2.24, 2.45) is 0 Å². The number of rotatable bonds is 1. The molecule has 3 heteroatoms. The van der Waals surface area contributed by atoms with Crippen molar-refractivity contribution >= 4 is 5.88 Å². The van der Waals surface area contributed by atoms with Crippen molar-refractivity contribution in [2.75, 3.05) is 5.73 Å². The lowest BCUT2D eigenvalue weighted by Crippen LogP contribution is -1.86. The number of nitrogens with zero attached hydrogens (tertiary/aromatic N) is 1. The second-order valence-electron chi connectivity index (χ2n) is 3.25. The van der Waals surface area contributed by atoms with Crippen LogP contribution < -0.4 is 5.73 Å². The molecule has 15 heavy (non-hydrogen) atoms. The Hall–Kier alpha value is -2.21. The molecule has 1 heterocycles. The highest BCUT2D eigenvalue weighted by Crippen LogP contribution is 2.32. The molecule has 2 aromatic rings. The summed E-state index contributed by atoms with van der Waals surface area (Å²) in [5, 5.41) is 8.98. The van der Waals surface area contributed by atoms with Gasteiger partial charge in [-0.05, 0) is 12.5 Å². The first-order valence-corrected chi connectivity index (χ1v) is 4.58. The molecule has 0 unspecified atom stereocenters. The highest BCUT2D eigenvalue weighted by Gasteiger charge is 2.16. The van der Waals surface area contributed by atoms with E-state index in [0.717, 1.165) is 11.1 Å². The van der Waals surface area contributed by atoms with Crippen LogP contribution in [0.3, 0.4) is 0 Å². The lowest BCUT2D eigenvalue weighted by atomic mass is 10.0. The molecule has 0 saturated heterocycles. The van der Waals surface area contributed by atoms with Crippen LogP contribution in [0.1, 0.15) is 11.3 Å². The predicted molar refractivity (Wildman–Crippen MR) is 58.0 cm³/mol. The fourth-order valence-corrected chi connectivity index (χ4v) is 1.63. The summed E-state index contributed by atoms with van der Waals surface area (Å²) in [5.41, 5.74) is 7.75. The van der Waals surface area contributed by atoms with Gasteiger partial charge >= 0.3 is 0 Å². The monoisotopic (exact) mass is 198 g/mol. The van der Waals surface area contributed by atoms with Crippen LogP contribution in [0.25, 0.3) is 11.1 Å². The van der Waals surface area contributed by atoms with Crippen molar-refractivity contribution in [1.29, 1.82) is 5.26 Å². The van der Waals surface area contributed by atoms with E-state index >= 15 is 0 Å². The maximum atomic E-state index is 8.98. The molecule has 74 valence electrons. The molecule has 0 fully saturated rings. The summed E-state index contributed by atoms with van der Waals surface area (Å²) in [4.78, 5) is 0. The van der Waals surface area contributed by atoms with E-state index in [-0.39, 0.29) is 5.88 Å². The maximum absolute atomic E-state index is 8.98. The molecule has 0 radical (unpaired) electrons. The van der Waals surface area contributed by atoms with Crippen LogP contribution in [0, 0.1) is 18.3 Å². The van der Waals surface area contributed by atoms with Crippen LogP contribution >= 0.6 is 0 Å². The fourth-order valence-electron chi connectivity index (χ4n) is 1.63. The normalized spacial score (nSPS) is 9.87. The number of furan rings is 1. The van der Waals surface area contributed by atoms with E-state index in [4.69, 9.17) is 15.4 Å². The minimum atomic E-state index is 0.189. The van der Waals surface area contributed by atoms with Crippen molar-refractivity contribution in [3.63, 3.8) is 0 Å². The first kappa shape index (κ1) is 9.35. The number of nitriles is 1. The molecule has 0 saturated carbocycles. The van der Waals surface area contributed by atoms with E-state index in [0.29, 0.717) is 11.3 Å². The molecule has 1 aromatic heterocycles. The molecule has 0 amide bonds. The number of hydrogen-bond donors (Lipinski definition) is 1. The van der Waals surface area contributed by atoms with Gasteiger partial charge in [-0.2, -0.15) is 5.26 Å². The molecule has 2 N–H and O–H groups in total. The third kappa shape index (κ3) is 1.46. The third-order valence-corrected chi connectivity index (χ3v) is 2.29. The topological polar surface area (TPSA) is 62.9 Å². The Morgan fingerprint density at radius 1 is 1.27 bits per heavy atom. The van der Waals surface area contributed by atoms with E-state index in [9.17, 15) is 0 Å². The molecule has 2 rings (SSSR count). The molecule has 0 aliphatic carbocycles. The lowest BCUT2D eigenvalue weighted by molar-refractivity contribution is 0.554. The molecule has 0 atom stereocenters. The summed E-state index contributed by atoms with van der Waals surface area (Å²) in [6, 6.07) is 11.7. The predicted octanol–water partition coefficient (Wildman–Crippen LogP) is 2.71. The minimum Gasteiger partial charge on any atom is -0.444 e. The Morgan fingerprint density at radius 3 is 2.53 bits per heavy atom. The largest absolute Gasteiger partial charge is 0.444 e. The summed E-state index contributed by atoms with van der Waals surface area (Å²) < 4.78 is 5.25. The summed E-state index contributed by atoms with van der Waals surface area (Å²) in [5.74, 6) is 0.865. The maximum Gasteiger partial charge on any atom is 0.209 e. The van der Waals surface area contributed by atoms with Crippen molar-refractivity contribution in [2.45, 2.75) is 6.92 Å². The first-order valence-electron chi connectivity index (χ1n) is 4.58. The van der Waals surface area contributed by atoms with E-state index in [1.807, 2.05) is 30.3 Å². The first-order chi connectivity index (χ1) is 7.24. The molecule has 0 aliphatic heterocycles. The van der Waals surface area contributed by atoms with Gasteiger partial charge in [-0.1, -0.05) is 30.3 Å². The molecule has 0 spiro atoms. The average Bonchev–Trinajstić information content (AvgIpc) is 2.54. The van der Waals surface area contributed by atoms with Crippen LogP contribution in [0.15, 0.2) is 34.7 Å². The second kappa shape index (κ2) is 3.50.